The van der Waals surface area contributed by atoms with Crippen LogP contribution in [0.2, 0.25) is 0 Å². The minimum Gasteiger partial charge on any atom is -0.490 e. The summed E-state index contributed by atoms with van der Waals surface area (Å²) in [5.41, 5.74) is 5.94. The number of carbonyl (C=O) groups is 2. The second kappa shape index (κ2) is 12.3. The van der Waals surface area contributed by atoms with Crippen molar-refractivity contribution in [1.82, 2.24) is 10.4 Å². The van der Waals surface area contributed by atoms with Gasteiger partial charge in [-0.15, -0.1) is 0 Å². The van der Waals surface area contributed by atoms with Crippen LogP contribution in [0.1, 0.15) is 77.4 Å². The summed E-state index contributed by atoms with van der Waals surface area (Å²) >= 11 is 3.53. The maximum Gasteiger partial charge on any atom is 0.275 e. The molecule has 7 nitrogen and oxygen atoms in total. The van der Waals surface area contributed by atoms with Crippen LogP contribution in [0.25, 0.3) is 0 Å². The predicted molar refractivity (Wildman–Crippen MR) is 143 cm³/mol. The molecule has 0 aromatic heterocycles. The molecule has 196 valence electrons. The molecule has 1 saturated heterocycles. The molecule has 1 N–H and O–H groups in total. The number of imide groups is 1. The van der Waals surface area contributed by atoms with Crippen LogP contribution in [-0.2, 0) is 9.47 Å². The highest BCUT2D eigenvalue weighted by atomic mass is 79.9. The maximum atomic E-state index is 13.8. The van der Waals surface area contributed by atoms with Crippen molar-refractivity contribution in [2.75, 3.05) is 19.8 Å². The molecule has 8 heteroatoms. The number of ether oxygens (including phenoxy) is 3. The highest BCUT2D eigenvalue weighted by Crippen LogP contribution is 2.32. The molecule has 0 aliphatic carbocycles. The van der Waals surface area contributed by atoms with Gasteiger partial charge in [0.25, 0.3) is 11.8 Å². The lowest BCUT2D eigenvalue weighted by Crippen LogP contribution is -2.55. The third-order valence-electron chi connectivity index (χ3n) is 5.68. The molecular formula is C28H37BrN2O5. The number of hydrazine groups is 1. The van der Waals surface area contributed by atoms with E-state index < -0.39 is 17.4 Å². The molecular weight excluding hydrogens is 524 g/mol. The van der Waals surface area contributed by atoms with E-state index in [2.05, 4.69) is 21.4 Å². The first-order valence-corrected chi connectivity index (χ1v) is 13.2. The van der Waals surface area contributed by atoms with E-state index in [1.165, 1.54) is 0 Å². The summed E-state index contributed by atoms with van der Waals surface area (Å²) in [7, 11) is 0. The number of hydrogen-bond donors (Lipinski definition) is 1. The minimum absolute atomic E-state index is 0.187. The SMILES string of the molecule is Cc1cc(C)cc(C(=O)N(NC(C)(C)C)C(=O)c2ccc(Br)c(OCCOC3CCCCO3)c2C)c1. The zero-order valence-corrected chi connectivity index (χ0v) is 23.7. The molecule has 1 atom stereocenters. The van der Waals surface area contributed by atoms with E-state index in [1.807, 2.05) is 47.6 Å². The molecule has 0 radical (unpaired) electrons. The number of benzene rings is 2. The predicted octanol–water partition coefficient (Wildman–Crippen LogP) is 5.88. The van der Waals surface area contributed by atoms with Crippen molar-refractivity contribution in [3.8, 4) is 5.75 Å². The third kappa shape index (κ3) is 7.62. The molecule has 1 heterocycles. The third-order valence-corrected chi connectivity index (χ3v) is 6.31. The number of amides is 2. The van der Waals surface area contributed by atoms with Gasteiger partial charge in [0, 0.05) is 28.8 Å². The standard InChI is InChI=1S/C28H37BrN2O5/c1-18-15-19(2)17-21(16-18)26(32)31(30-28(4,5)6)27(33)22-10-11-23(29)25(20(22)3)36-14-13-35-24-9-7-8-12-34-24/h10-11,15-17,24,30H,7-9,12-14H2,1-6H3. The van der Waals surface area contributed by atoms with Gasteiger partial charge in [-0.2, -0.15) is 0 Å². The summed E-state index contributed by atoms with van der Waals surface area (Å²) in [6.45, 7) is 12.8. The van der Waals surface area contributed by atoms with Crippen molar-refractivity contribution in [3.63, 3.8) is 0 Å². The van der Waals surface area contributed by atoms with Crippen LogP contribution in [0.4, 0.5) is 0 Å². The van der Waals surface area contributed by atoms with Gasteiger partial charge in [0.15, 0.2) is 6.29 Å². The Morgan fingerprint density at radius 2 is 1.75 bits per heavy atom. The Hall–Kier alpha value is -2.26. The van der Waals surface area contributed by atoms with Crippen molar-refractivity contribution in [2.45, 2.75) is 72.6 Å². The van der Waals surface area contributed by atoms with E-state index in [0.717, 1.165) is 46.5 Å². The Morgan fingerprint density at radius 3 is 2.36 bits per heavy atom. The van der Waals surface area contributed by atoms with Gasteiger partial charge in [-0.1, -0.05) is 17.2 Å². The first-order valence-electron chi connectivity index (χ1n) is 12.4. The molecule has 2 aromatic carbocycles. The molecule has 0 saturated carbocycles. The Labute approximate surface area is 222 Å². The van der Waals surface area contributed by atoms with E-state index in [-0.39, 0.29) is 6.29 Å². The highest BCUT2D eigenvalue weighted by molar-refractivity contribution is 9.10. The van der Waals surface area contributed by atoms with Gasteiger partial charge < -0.3 is 14.2 Å². The maximum absolute atomic E-state index is 13.8. The monoisotopic (exact) mass is 560 g/mol. The number of carbonyl (C=O) groups excluding carboxylic acids is 2. The lowest BCUT2D eigenvalue weighted by molar-refractivity contribution is -0.165. The largest absolute Gasteiger partial charge is 0.490 e. The topological polar surface area (TPSA) is 77.1 Å². The smallest absolute Gasteiger partial charge is 0.275 e. The Balaban J connectivity index is 1.82. The van der Waals surface area contributed by atoms with Gasteiger partial charge in [-0.05, 0) is 101 Å². The van der Waals surface area contributed by atoms with Gasteiger partial charge in [0.05, 0.1) is 11.1 Å². The van der Waals surface area contributed by atoms with Crippen LogP contribution >= 0.6 is 15.9 Å². The Morgan fingerprint density at radius 1 is 1.06 bits per heavy atom. The number of nitrogens with one attached hydrogen (secondary N) is 1. The second-order valence-corrected chi connectivity index (χ2v) is 11.1. The van der Waals surface area contributed by atoms with Crippen LogP contribution in [0.15, 0.2) is 34.8 Å². The summed E-state index contributed by atoms with van der Waals surface area (Å²) in [5.74, 6) is -0.313. The van der Waals surface area contributed by atoms with Crippen LogP contribution in [0, 0.1) is 20.8 Å². The summed E-state index contributed by atoms with van der Waals surface area (Å²) < 4.78 is 18.1. The average Bonchev–Trinajstić information content (AvgIpc) is 2.80. The Bertz CT molecular complexity index is 1070. The van der Waals surface area contributed by atoms with E-state index in [0.29, 0.717) is 35.7 Å². The van der Waals surface area contributed by atoms with E-state index in [1.54, 1.807) is 24.3 Å². The van der Waals surface area contributed by atoms with Gasteiger partial charge >= 0.3 is 0 Å². The molecule has 3 rings (SSSR count). The number of aryl methyl sites for hydroxylation is 2. The fourth-order valence-corrected chi connectivity index (χ4v) is 4.65. The van der Waals surface area contributed by atoms with Gasteiger partial charge in [0.2, 0.25) is 0 Å². The minimum atomic E-state index is -0.523. The zero-order chi connectivity index (χ0) is 26.5. The first-order chi connectivity index (χ1) is 17.0. The van der Waals surface area contributed by atoms with Gasteiger partial charge in [-0.25, -0.2) is 10.4 Å². The number of nitrogens with zero attached hydrogens (tertiary/aromatic N) is 1. The fourth-order valence-electron chi connectivity index (χ4n) is 4.11. The Kier molecular flexibility index (Phi) is 9.69. The van der Waals surface area contributed by atoms with Crippen LogP contribution in [-0.4, -0.2) is 48.5 Å². The lowest BCUT2D eigenvalue weighted by Gasteiger charge is -2.31. The van der Waals surface area contributed by atoms with Crippen molar-refractivity contribution in [1.29, 1.82) is 0 Å². The van der Waals surface area contributed by atoms with Crippen molar-refractivity contribution in [3.05, 3.63) is 62.6 Å². The molecule has 1 aliphatic heterocycles. The summed E-state index contributed by atoms with van der Waals surface area (Å²) in [4.78, 5) is 27.3. The molecule has 0 bridgehead atoms. The molecule has 2 aromatic rings. The van der Waals surface area contributed by atoms with Crippen LogP contribution in [0.3, 0.4) is 0 Å². The van der Waals surface area contributed by atoms with Crippen molar-refractivity contribution >= 4 is 27.7 Å². The molecule has 1 fully saturated rings. The van der Waals surface area contributed by atoms with E-state index >= 15 is 0 Å². The first kappa shape index (κ1) is 28.3. The van der Waals surface area contributed by atoms with Crippen LogP contribution < -0.4 is 10.2 Å². The van der Waals surface area contributed by atoms with E-state index in [9.17, 15) is 9.59 Å². The highest BCUT2D eigenvalue weighted by Gasteiger charge is 2.30. The van der Waals surface area contributed by atoms with Crippen molar-refractivity contribution in [2.24, 2.45) is 0 Å². The van der Waals surface area contributed by atoms with Crippen molar-refractivity contribution < 1.29 is 23.8 Å². The molecule has 2 amide bonds. The second-order valence-electron chi connectivity index (χ2n) is 10.2. The number of hydrogen-bond acceptors (Lipinski definition) is 6. The number of rotatable bonds is 8. The fraction of sp³-hybridized carbons (Fsp3) is 0.500. The number of halogens is 1. The quantitative estimate of drug-likeness (QED) is 0.246. The zero-order valence-electron chi connectivity index (χ0n) is 22.1. The van der Waals surface area contributed by atoms with Gasteiger partial charge in [-0.3, -0.25) is 9.59 Å². The molecule has 1 unspecified atom stereocenters. The average molecular weight is 562 g/mol. The normalized spacial score (nSPS) is 16.0. The molecule has 0 spiro atoms. The summed E-state index contributed by atoms with van der Waals surface area (Å²) in [6.07, 6.45) is 2.86. The van der Waals surface area contributed by atoms with E-state index in [4.69, 9.17) is 14.2 Å². The lowest BCUT2D eigenvalue weighted by atomic mass is 10.0. The van der Waals surface area contributed by atoms with Gasteiger partial charge in [0.1, 0.15) is 12.4 Å². The summed E-state index contributed by atoms with van der Waals surface area (Å²) in [6, 6.07) is 9.04. The van der Waals surface area contributed by atoms with Crippen LogP contribution in [0.5, 0.6) is 5.75 Å². The summed E-state index contributed by atoms with van der Waals surface area (Å²) in [5, 5.41) is 1.11. The molecule has 36 heavy (non-hydrogen) atoms. The molecule has 1 aliphatic rings.